The Bertz CT molecular complexity index is 559. The van der Waals surface area contributed by atoms with Crippen LogP contribution in [0.5, 0.6) is 0 Å². The van der Waals surface area contributed by atoms with Crippen LogP contribution in [0.15, 0.2) is 18.2 Å². The van der Waals surface area contributed by atoms with Crippen molar-refractivity contribution in [1.82, 2.24) is 15.0 Å². The van der Waals surface area contributed by atoms with E-state index in [1.165, 1.54) is 13.0 Å². The Morgan fingerprint density at radius 3 is 2.62 bits per heavy atom. The molecule has 1 heterocycles. The first-order valence-corrected chi connectivity index (χ1v) is 4.33. The molecule has 0 fully saturated rings. The van der Waals surface area contributed by atoms with Crippen molar-refractivity contribution >= 4 is 16.9 Å². The van der Waals surface area contributed by atoms with Crippen LogP contribution in [0, 0.1) is 0 Å². The van der Waals surface area contributed by atoms with E-state index in [0.717, 1.165) is 16.8 Å². The Balaban J connectivity index is 2.62. The molecule has 4 nitrogen and oxygen atoms in total. The van der Waals surface area contributed by atoms with Gasteiger partial charge in [0, 0.05) is 6.92 Å². The van der Waals surface area contributed by atoms with E-state index in [1.807, 2.05) is 0 Å². The van der Waals surface area contributed by atoms with Crippen LogP contribution < -0.4 is 0 Å². The number of carbonyl (C=O) groups is 1. The largest absolute Gasteiger partial charge is 0.416 e. The Hall–Kier alpha value is -1.92. The van der Waals surface area contributed by atoms with Crippen LogP contribution in [0.1, 0.15) is 17.3 Å². The van der Waals surface area contributed by atoms with Gasteiger partial charge in [0.25, 0.3) is 0 Å². The lowest BCUT2D eigenvalue weighted by Crippen LogP contribution is -2.07. The standard InChI is InChI=1S/C9H6F3N3O/c1-5(16)15-8-3-2-6(9(10,11)12)4-7(8)13-14-15/h2-4H,1H3. The first-order valence-electron chi connectivity index (χ1n) is 4.33. The zero-order chi connectivity index (χ0) is 11.9. The lowest BCUT2D eigenvalue weighted by molar-refractivity contribution is -0.137. The maximum atomic E-state index is 12.4. The van der Waals surface area contributed by atoms with Gasteiger partial charge in [0.05, 0.1) is 11.1 Å². The highest BCUT2D eigenvalue weighted by atomic mass is 19.4. The third kappa shape index (κ3) is 1.64. The zero-order valence-electron chi connectivity index (χ0n) is 8.12. The lowest BCUT2D eigenvalue weighted by Gasteiger charge is -2.05. The minimum absolute atomic E-state index is 0.0463. The Morgan fingerprint density at radius 1 is 1.38 bits per heavy atom. The van der Waals surface area contributed by atoms with Crippen molar-refractivity contribution in [3.05, 3.63) is 23.8 Å². The lowest BCUT2D eigenvalue weighted by atomic mass is 10.2. The van der Waals surface area contributed by atoms with E-state index in [-0.39, 0.29) is 11.0 Å². The molecule has 0 aliphatic rings. The van der Waals surface area contributed by atoms with Crippen LogP contribution in [-0.4, -0.2) is 20.9 Å². The van der Waals surface area contributed by atoms with Crippen LogP contribution in [0.4, 0.5) is 13.2 Å². The predicted molar refractivity (Wildman–Crippen MR) is 48.8 cm³/mol. The molecular weight excluding hydrogens is 223 g/mol. The van der Waals surface area contributed by atoms with E-state index in [1.54, 1.807) is 0 Å². The molecule has 2 rings (SSSR count). The summed E-state index contributed by atoms with van der Waals surface area (Å²) in [6, 6.07) is 2.94. The van der Waals surface area contributed by atoms with Gasteiger partial charge in [-0.3, -0.25) is 4.79 Å². The van der Waals surface area contributed by atoms with Crippen molar-refractivity contribution < 1.29 is 18.0 Å². The summed E-state index contributed by atoms with van der Waals surface area (Å²) in [6.45, 7) is 1.26. The molecule has 0 atom stereocenters. The number of carbonyl (C=O) groups excluding carboxylic acids is 1. The molecule has 1 aromatic heterocycles. The van der Waals surface area contributed by atoms with Crippen LogP contribution in [0.25, 0.3) is 11.0 Å². The molecule has 1 aromatic carbocycles. The average molecular weight is 229 g/mol. The van der Waals surface area contributed by atoms with Gasteiger partial charge in [0.2, 0.25) is 5.91 Å². The average Bonchev–Trinajstić information content (AvgIpc) is 2.58. The SMILES string of the molecule is CC(=O)n1nnc2cc(C(F)(F)F)ccc21. The van der Waals surface area contributed by atoms with Gasteiger partial charge in [-0.15, -0.1) is 5.10 Å². The molecule has 0 spiro atoms. The van der Waals surface area contributed by atoms with Gasteiger partial charge >= 0.3 is 6.18 Å². The number of benzene rings is 1. The van der Waals surface area contributed by atoms with Crippen LogP contribution >= 0.6 is 0 Å². The second-order valence-electron chi connectivity index (χ2n) is 3.22. The van der Waals surface area contributed by atoms with Crippen molar-refractivity contribution in [3.63, 3.8) is 0 Å². The molecule has 0 unspecified atom stereocenters. The van der Waals surface area contributed by atoms with E-state index in [2.05, 4.69) is 10.3 Å². The first kappa shape index (κ1) is 10.6. The molecular formula is C9H6F3N3O. The van der Waals surface area contributed by atoms with E-state index in [4.69, 9.17) is 0 Å². The summed E-state index contributed by atoms with van der Waals surface area (Å²) in [7, 11) is 0. The highest BCUT2D eigenvalue weighted by Crippen LogP contribution is 2.30. The number of fused-ring (bicyclic) bond motifs is 1. The summed E-state index contributed by atoms with van der Waals surface area (Å²) in [4.78, 5) is 11.0. The van der Waals surface area contributed by atoms with Crippen molar-refractivity contribution in [2.45, 2.75) is 13.1 Å². The molecule has 0 N–H and O–H groups in total. The zero-order valence-corrected chi connectivity index (χ0v) is 8.12. The van der Waals surface area contributed by atoms with Gasteiger partial charge in [-0.25, -0.2) is 0 Å². The Labute approximate surface area is 87.7 Å². The van der Waals surface area contributed by atoms with E-state index >= 15 is 0 Å². The number of alkyl halides is 3. The van der Waals surface area contributed by atoms with Gasteiger partial charge in [0.1, 0.15) is 5.52 Å². The van der Waals surface area contributed by atoms with Gasteiger partial charge in [0.15, 0.2) is 0 Å². The number of halogens is 3. The maximum Gasteiger partial charge on any atom is 0.416 e. The molecule has 0 aliphatic carbocycles. The number of nitrogens with zero attached hydrogens (tertiary/aromatic N) is 3. The molecule has 2 aromatic rings. The molecule has 0 saturated carbocycles. The van der Waals surface area contributed by atoms with Crippen molar-refractivity contribution in [2.75, 3.05) is 0 Å². The van der Waals surface area contributed by atoms with Crippen molar-refractivity contribution in [1.29, 1.82) is 0 Å². The van der Waals surface area contributed by atoms with E-state index < -0.39 is 17.6 Å². The van der Waals surface area contributed by atoms with Crippen LogP contribution in [-0.2, 0) is 6.18 Å². The number of hydrogen-bond acceptors (Lipinski definition) is 3. The fraction of sp³-hybridized carbons (Fsp3) is 0.222. The van der Waals surface area contributed by atoms with Gasteiger partial charge < -0.3 is 0 Å². The summed E-state index contributed by atoms with van der Waals surface area (Å²) >= 11 is 0. The number of aromatic nitrogens is 3. The number of rotatable bonds is 0. The summed E-state index contributed by atoms with van der Waals surface area (Å²) in [5.74, 6) is -0.401. The predicted octanol–water partition coefficient (Wildman–Crippen LogP) is 2.11. The second-order valence-corrected chi connectivity index (χ2v) is 3.22. The molecule has 7 heteroatoms. The summed E-state index contributed by atoms with van der Waals surface area (Å²) in [5, 5.41) is 6.97. The molecule has 0 saturated heterocycles. The smallest absolute Gasteiger partial charge is 0.273 e. The van der Waals surface area contributed by atoms with E-state index in [9.17, 15) is 18.0 Å². The molecule has 0 aliphatic heterocycles. The Kier molecular flexibility index (Phi) is 2.18. The summed E-state index contributed by atoms with van der Waals surface area (Å²) in [5.41, 5.74) is -0.499. The van der Waals surface area contributed by atoms with Gasteiger partial charge in [-0.05, 0) is 18.2 Å². The molecule has 16 heavy (non-hydrogen) atoms. The third-order valence-corrected chi connectivity index (χ3v) is 2.07. The van der Waals surface area contributed by atoms with Crippen molar-refractivity contribution in [3.8, 4) is 0 Å². The topological polar surface area (TPSA) is 47.8 Å². The molecule has 84 valence electrons. The number of hydrogen-bond donors (Lipinski definition) is 0. The van der Waals surface area contributed by atoms with Gasteiger partial charge in [-0.2, -0.15) is 17.9 Å². The molecule has 0 bridgehead atoms. The van der Waals surface area contributed by atoms with E-state index in [0.29, 0.717) is 0 Å². The third-order valence-electron chi connectivity index (χ3n) is 2.07. The van der Waals surface area contributed by atoms with Gasteiger partial charge in [-0.1, -0.05) is 5.21 Å². The van der Waals surface area contributed by atoms with Crippen molar-refractivity contribution in [2.24, 2.45) is 0 Å². The quantitative estimate of drug-likeness (QED) is 0.695. The van der Waals surface area contributed by atoms with Crippen LogP contribution in [0.3, 0.4) is 0 Å². The molecule has 0 radical (unpaired) electrons. The highest BCUT2D eigenvalue weighted by molar-refractivity contribution is 5.87. The Morgan fingerprint density at radius 2 is 2.06 bits per heavy atom. The minimum Gasteiger partial charge on any atom is -0.273 e. The van der Waals surface area contributed by atoms with Crippen LogP contribution in [0.2, 0.25) is 0 Å². The molecule has 0 amide bonds. The fourth-order valence-corrected chi connectivity index (χ4v) is 1.33. The first-order chi connectivity index (χ1) is 7.39. The minimum atomic E-state index is -4.42. The highest BCUT2D eigenvalue weighted by Gasteiger charge is 2.31. The second kappa shape index (κ2) is 3.29. The fourth-order valence-electron chi connectivity index (χ4n) is 1.33. The maximum absolute atomic E-state index is 12.4. The summed E-state index contributed by atoms with van der Waals surface area (Å²) in [6.07, 6.45) is -4.42. The monoisotopic (exact) mass is 229 g/mol. The summed E-state index contributed by atoms with van der Waals surface area (Å²) < 4.78 is 38.0. The normalized spacial score (nSPS) is 12.0.